The number of hydrogen-bond donors (Lipinski definition) is 15. The first-order chi connectivity index (χ1) is 24.8. The Kier molecular flexibility index (Phi) is 14.9. The molecule has 308 valence electrons. The fourth-order valence-corrected chi connectivity index (χ4v) is 6.62. The van der Waals surface area contributed by atoms with Crippen LogP contribution in [0.3, 0.4) is 0 Å². The Bertz CT molecular complexity index is 1220. The molecule has 4 rings (SSSR count). The molecular formula is C29H49NO23. The van der Waals surface area contributed by atoms with E-state index in [-0.39, 0.29) is 0 Å². The van der Waals surface area contributed by atoms with Gasteiger partial charge in [0.05, 0.1) is 38.1 Å². The van der Waals surface area contributed by atoms with Gasteiger partial charge in [0.25, 0.3) is 5.79 Å². The first-order valence-corrected chi connectivity index (χ1v) is 16.6. The lowest BCUT2D eigenvalue weighted by Crippen LogP contribution is -2.70. The first-order valence-electron chi connectivity index (χ1n) is 16.6. The summed E-state index contributed by atoms with van der Waals surface area (Å²) in [5.74, 6) is -5.82. The van der Waals surface area contributed by atoms with E-state index in [0.29, 0.717) is 0 Å². The van der Waals surface area contributed by atoms with Crippen molar-refractivity contribution in [2.24, 2.45) is 0 Å². The van der Waals surface area contributed by atoms with E-state index in [1.165, 1.54) is 6.92 Å². The van der Waals surface area contributed by atoms with Crippen LogP contribution in [0.1, 0.15) is 20.3 Å². The van der Waals surface area contributed by atoms with E-state index < -0.39 is 166 Å². The molecule has 24 heteroatoms. The predicted octanol–water partition coefficient (Wildman–Crippen LogP) is -9.37. The Morgan fingerprint density at radius 2 is 1.34 bits per heavy atom. The smallest absolute Gasteiger partial charge is 0.364 e. The quantitative estimate of drug-likeness (QED) is 0.0825. The van der Waals surface area contributed by atoms with Crippen LogP contribution in [0, 0.1) is 0 Å². The molecule has 53 heavy (non-hydrogen) atoms. The van der Waals surface area contributed by atoms with E-state index in [4.69, 9.17) is 33.2 Å². The Morgan fingerprint density at radius 1 is 0.774 bits per heavy atom. The van der Waals surface area contributed by atoms with E-state index in [1.807, 2.05) is 0 Å². The lowest BCUT2D eigenvalue weighted by Gasteiger charge is -2.50. The molecule has 4 aliphatic heterocycles. The Labute approximate surface area is 300 Å². The highest BCUT2D eigenvalue weighted by molar-refractivity contribution is 5.76. The third kappa shape index (κ3) is 9.08. The minimum atomic E-state index is -3.06. The van der Waals surface area contributed by atoms with Crippen LogP contribution < -0.4 is 5.32 Å². The summed E-state index contributed by atoms with van der Waals surface area (Å²) in [6.45, 7) is -0.546. The average molecular weight is 780 g/mol. The molecule has 21 atom stereocenters. The lowest BCUT2D eigenvalue weighted by molar-refractivity contribution is -0.390. The number of aliphatic carboxylic acids is 1. The molecule has 1 unspecified atom stereocenters. The second kappa shape index (κ2) is 17.9. The molecule has 0 aliphatic carbocycles. The van der Waals surface area contributed by atoms with Crippen LogP contribution >= 0.6 is 0 Å². The third-order valence-corrected chi connectivity index (χ3v) is 9.53. The van der Waals surface area contributed by atoms with Gasteiger partial charge in [-0.15, -0.1) is 0 Å². The van der Waals surface area contributed by atoms with Crippen LogP contribution in [0.25, 0.3) is 0 Å². The summed E-state index contributed by atoms with van der Waals surface area (Å²) >= 11 is 0. The number of hydrogen-bond acceptors (Lipinski definition) is 22. The van der Waals surface area contributed by atoms with Crippen LogP contribution in [0.4, 0.5) is 0 Å². The fourth-order valence-electron chi connectivity index (χ4n) is 6.62. The van der Waals surface area contributed by atoms with Crippen molar-refractivity contribution in [3.05, 3.63) is 0 Å². The Hall–Kier alpha value is -1.86. The van der Waals surface area contributed by atoms with Crippen molar-refractivity contribution < 1.29 is 114 Å². The topological polar surface area (TPSA) is 394 Å². The molecular weight excluding hydrogens is 730 g/mol. The minimum absolute atomic E-state index is 0.767. The zero-order chi connectivity index (χ0) is 39.7. The molecule has 15 N–H and O–H groups in total. The number of nitrogens with one attached hydrogen (secondary N) is 1. The van der Waals surface area contributed by atoms with E-state index in [9.17, 15) is 81.1 Å². The highest BCUT2D eigenvalue weighted by Crippen LogP contribution is 2.38. The van der Waals surface area contributed by atoms with Crippen LogP contribution in [-0.4, -0.2) is 232 Å². The number of aliphatic hydroxyl groups excluding tert-OH is 13. The first kappa shape index (κ1) is 43.9. The lowest BCUT2D eigenvalue weighted by atomic mass is 9.88. The number of carboxylic acid groups (broad SMARTS) is 1. The highest BCUT2D eigenvalue weighted by atomic mass is 16.8. The Morgan fingerprint density at radius 3 is 1.91 bits per heavy atom. The van der Waals surface area contributed by atoms with Gasteiger partial charge in [-0.05, 0) is 6.92 Å². The molecule has 0 aromatic heterocycles. The highest BCUT2D eigenvalue weighted by Gasteiger charge is 2.60. The SMILES string of the molecule is CC(=O)N[C@H]1[C@H]([C@@H](O)[C@@H](O)CO)O[C@](O[C@H]2[C@@H](O)[C@@H](CO)O[C@@H](O[C@H]3[C@@H](O)[C@H](O)[C@@H](O[C@H]4[C@H](O)[C@@H](CO)OC(O)[C@@H]4O)O[C@H]3C)[C@@H]2O)(C(=O)O)C[C@@H]1O. The molecule has 0 saturated carbocycles. The van der Waals surface area contributed by atoms with Crippen molar-refractivity contribution in [2.45, 2.75) is 149 Å². The van der Waals surface area contributed by atoms with Crippen LogP contribution in [0.5, 0.6) is 0 Å². The number of rotatable bonds is 13. The number of ether oxygens (including phenoxy) is 7. The van der Waals surface area contributed by atoms with Gasteiger partial charge in [-0.25, -0.2) is 4.79 Å². The van der Waals surface area contributed by atoms with E-state index in [1.54, 1.807) is 0 Å². The molecule has 0 spiro atoms. The maximum absolute atomic E-state index is 12.7. The van der Waals surface area contributed by atoms with Crippen molar-refractivity contribution in [1.29, 1.82) is 0 Å². The van der Waals surface area contributed by atoms with E-state index in [2.05, 4.69) is 5.32 Å². The van der Waals surface area contributed by atoms with Crippen LogP contribution in [0.2, 0.25) is 0 Å². The van der Waals surface area contributed by atoms with Gasteiger partial charge in [-0.3, -0.25) is 4.79 Å². The molecule has 24 nitrogen and oxygen atoms in total. The van der Waals surface area contributed by atoms with Crippen molar-refractivity contribution in [3.63, 3.8) is 0 Å². The third-order valence-electron chi connectivity index (χ3n) is 9.53. The van der Waals surface area contributed by atoms with Crippen LogP contribution in [0.15, 0.2) is 0 Å². The van der Waals surface area contributed by atoms with Crippen LogP contribution in [-0.2, 0) is 42.7 Å². The van der Waals surface area contributed by atoms with E-state index in [0.717, 1.165) is 6.92 Å². The van der Waals surface area contributed by atoms with Gasteiger partial charge >= 0.3 is 5.97 Å². The Balaban J connectivity index is 1.55. The molecule has 4 saturated heterocycles. The summed E-state index contributed by atoms with van der Waals surface area (Å²) in [7, 11) is 0. The van der Waals surface area contributed by atoms with Gasteiger partial charge in [0.2, 0.25) is 5.91 Å². The molecule has 0 aromatic carbocycles. The standard InChI is InChI=1S/C29H49NO23/c1-7-21(17(40)18(41)26(47-7)51-23-15(38)11(5-32)48-25(44)19(23)42)50-27-20(43)24(16(39)12(6-33)49-27)53-29(28(45)46)3-9(35)13(30-8(2)34)22(52-29)14(37)10(36)4-31/h7,9-27,31-33,35-44H,3-6H2,1-2H3,(H,30,34)(H,45,46)/t7-,9-,10-,11+,12+,13+,14-,15+,16-,17-,18-,19+,20+,21+,22+,23-,24-,25?,26+,27-,29+/m0/s1. The van der Waals surface area contributed by atoms with Crippen molar-refractivity contribution >= 4 is 11.9 Å². The second-order valence-electron chi connectivity index (χ2n) is 13.3. The fraction of sp³-hybridized carbons (Fsp3) is 0.931. The zero-order valence-corrected chi connectivity index (χ0v) is 28.3. The molecule has 4 heterocycles. The maximum Gasteiger partial charge on any atom is 0.364 e. The van der Waals surface area contributed by atoms with Gasteiger partial charge in [-0.2, -0.15) is 0 Å². The minimum Gasteiger partial charge on any atom is -0.477 e. The number of carbonyl (C=O) groups excluding carboxylic acids is 1. The molecule has 0 bridgehead atoms. The largest absolute Gasteiger partial charge is 0.477 e. The molecule has 4 fully saturated rings. The molecule has 1 amide bonds. The number of carbonyl (C=O) groups is 2. The van der Waals surface area contributed by atoms with E-state index >= 15 is 0 Å². The number of aliphatic hydroxyl groups is 13. The van der Waals surface area contributed by atoms with Gasteiger partial charge in [0, 0.05) is 13.3 Å². The predicted molar refractivity (Wildman–Crippen MR) is 161 cm³/mol. The van der Waals surface area contributed by atoms with Gasteiger partial charge in [0.1, 0.15) is 85.5 Å². The normalized spacial score (nSPS) is 47.8. The molecule has 4 aliphatic rings. The van der Waals surface area contributed by atoms with Gasteiger partial charge in [-0.1, -0.05) is 0 Å². The average Bonchev–Trinajstić information content (AvgIpc) is 3.11. The summed E-state index contributed by atoms with van der Waals surface area (Å²) < 4.78 is 38.3. The zero-order valence-electron chi connectivity index (χ0n) is 28.3. The summed E-state index contributed by atoms with van der Waals surface area (Å²) in [4.78, 5) is 24.6. The molecule has 0 aromatic rings. The second-order valence-corrected chi connectivity index (χ2v) is 13.3. The summed E-state index contributed by atoms with van der Waals surface area (Å²) in [5.41, 5.74) is 0. The molecule has 0 radical (unpaired) electrons. The summed E-state index contributed by atoms with van der Waals surface area (Å²) in [6, 6.07) is -1.57. The summed E-state index contributed by atoms with van der Waals surface area (Å²) in [6.07, 6.45) is -36.6. The van der Waals surface area contributed by atoms with Crippen molar-refractivity contribution in [3.8, 4) is 0 Å². The van der Waals surface area contributed by atoms with Crippen molar-refractivity contribution in [2.75, 3.05) is 19.8 Å². The maximum atomic E-state index is 12.7. The van der Waals surface area contributed by atoms with Gasteiger partial charge < -0.3 is 110 Å². The summed E-state index contributed by atoms with van der Waals surface area (Å²) in [5, 5.41) is 148. The number of carboxylic acids is 1. The van der Waals surface area contributed by atoms with Gasteiger partial charge in [0.15, 0.2) is 18.9 Å². The number of amides is 1. The van der Waals surface area contributed by atoms with Crippen molar-refractivity contribution in [1.82, 2.24) is 5.32 Å². The monoisotopic (exact) mass is 779 g/mol.